The van der Waals surface area contributed by atoms with Gasteiger partial charge in [0.15, 0.2) is 0 Å². The van der Waals surface area contributed by atoms with Crippen molar-refractivity contribution in [1.82, 2.24) is 19.6 Å². The number of amides is 2. The van der Waals surface area contributed by atoms with Gasteiger partial charge in [-0.2, -0.15) is 13.9 Å². The number of para-hydroxylation sites is 2. The molecule has 0 bridgehead atoms. The number of alkyl halides is 2. The maximum Gasteiger partial charge on any atom is 0.387 e. The van der Waals surface area contributed by atoms with E-state index in [0.717, 1.165) is 11.4 Å². The Balaban J connectivity index is 1.45. The average molecular weight is 454 g/mol. The van der Waals surface area contributed by atoms with Gasteiger partial charge in [0.25, 0.3) is 11.8 Å². The Hall–Kier alpha value is -3.75. The van der Waals surface area contributed by atoms with E-state index in [2.05, 4.69) is 9.84 Å². The van der Waals surface area contributed by atoms with E-state index < -0.39 is 12.5 Å². The third-order valence-electron chi connectivity index (χ3n) is 5.62. The summed E-state index contributed by atoms with van der Waals surface area (Å²) in [6, 6.07) is 15.6. The van der Waals surface area contributed by atoms with Crippen LogP contribution in [0.4, 0.5) is 8.78 Å². The number of nitrogens with zero attached hydrogens (tertiary/aromatic N) is 4. The van der Waals surface area contributed by atoms with Crippen molar-refractivity contribution in [3.05, 3.63) is 77.6 Å². The van der Waals surface area contributed by atoms with Gasteiger partial charge in [-0.15, -0.1) is 0 Å². The number of piperazine rings is 1. The minimum atomic E-state index is -3.02. The van der Waals surface area contributed by atoms with E-state index in [1.54, 1.807) is 26.7 Å². The molecule has 0 aliphatic carbocycles. The standard InChI is InChI=1S/C24H24F2N4O3/c1-2-20-19(16-27-30(20)17-8-4-3-5-9-17)23(32)29-14-12-28(13-15-29)22(31)18-10-6-7-11-21(18)33-24(25)26/h3-11,16,24H,2,12-15H2,1H3. The Morgan fingerprint density at radius 1 is 0.909 bits per heavy atom. The van der Waals surface area contributed by atoms with Crippen LogP contribution in [0.25, 0.3) is 5.69 Å². The van der Waals surface area contributed by atoms with E-state index in [9.17, 15) is 18.4 Å². The zero-order valence-electron chi connectivity index (χ0n) is 18.2. The molecule has 0 unspecified atom stereocenters. The molecular weight excluding hydrogens is 430 g/mol. The first-order valence-electron chi connectivity index (χ1n) is 10.7. The molecule has 33 heavy (non-hydrogen) atoms. The first-order valence-corrected chi connectivity index (χ1v) is 10.7. The van der Waals surface area contributed by atoms with Gasteiger partial charge in [-0.25, -0.2) is 4.68 Å². The van der Waals surface area contributed by atoms with E-state index in [0.29, 0.717) is 38.2 Å². The van der Waals surface area contributed by atoms with Crippen LogP contribution in [0.5, 0.6) is 5.75 Å². The summed E-state index contributed by atoms with van der Waals surface area (Å²) >= 11 is 0. The maximum absolute atomic E-state index is 13.2. The summed E-state index contributed by atoms with van der Waals surface area (Å²) in [6.45, 7) is 0.217. The number of benzene rings is 2. The molecule has 0 saturated carbocycles. The minimum absolute atomic E-state index is 0.0787. The van der Waals surface area contributed by atoms with Crippen LogP contribution in [0.15, 0.2) is 60.8 Å². The predicted octanol–water partition coefficient (Wildman–Crippen LogP) is 3.63. The molecule has 1 saturated heterocycles. The van der Waals surface area contributed by atoms with Crippen LogP contribution in [0, 0.1) is 0 Å². The van der Waals surface area contributed by atoms with Gasteiger partial charge >= 0.3 is 6.61 Å². The second-order valence-corrected chi connectivity index (χ2v) is 7.56. The van der Waals surface area contributed by atoms with E-state index in [1.807, 2.05) is 37.3 Å². The highest BCUT2D eigenvalue weighted by molar-refractivity contribution is 5.98. The van der Waals surface area contributed by atoms with E-state index in [1.165, 1.54) is 18.2 Å². The fraction of sp³-hybridized carbons (Fsp3) is 0.292. The quantitative estimate of drug-likeness (QED) is 0.571. The second kappa shape index (κ2) is 9.81. The Kier molecular flexibility index (Phi) is 6.67. The van der Waals surface area contributed by atoms with Crippen molar-refractivity contribution in [3.8, 4) is 11.4 Å². The lowest BCUT2D eigenvalue weighted by Gasteiger charge is -2.35. The summed E-state index contributed by atoms with van der Waals surface area (Å²) < 4.78 is 31.6. The summed E-state index contributed by atoms with van der Waals surface area (Å²) in [5.74, 6) is -0.691. The number of ether oxygens (including phenoxy) is 1. The first kappa shape index (κ1) is 22.4. The maximum atomic E-state index is 13.2. The monoisotopic (exact) mass is 454 g/mol. The van der Waals surface area contributed by atoms with Crippen molar-refractivity contribution < 1.29 is 23.1 Å². The SMILES string of the molecule is CCc1c(C(=O)N2CCN(C(=O)c3ccccc3OC(F)F)CC2)cnn1-c1ccccc1. The van der Waals surface area contributed by atoms with Crippen molar-refractivity contribution in [2.75, 3.05) is 26.2 Å². The number of aromatic nitrogens is 2. The van der Waals surface area contributed by atoms with Gasteiger partial charge in [0.05, 0.1) is 28.7 Å². The van der Waals surface area contributed by atoms with Crippen LogP contribution in [0.2, 0.25) is 0 Å². The minimum Gasteiger partial charge on any atom is -0.434 e. The topological polar surface area (TPSA) is 67.7 Å². The van der Waals surface area contributed by atoms with Crippen LogP contribution in [-0.2, 0) is 6.42 Å². The lowest BCUT2D eigenvalue weighted by Crippen LogP contribution is -2.50. The summed E-state index contributed by atoms with van der Waals surface area (Å²) in [6.07, 6.45) is 2.22. The van der Waals surface area contributed by atoms with Gasteiger partial charge < -0.3 is 14.5 Å². The molecule has 3 aromatic rings. The molecule has 4 rings (SSSR count). The normalized spacial score (nSPS) is 13.9. The van der Waals surface area contributed by atoms with Gasteiger partial charge in [0, 0.05) is 26.2 Å². The van der Waals surface area contributed by atoms with Crippen LogP contribution in [0.3, 0.4) is 0 Å². The molecule has 2 amide bonds. The lowest BCUT2D eigenvalue weighted by molar-refractivity contribution is -0.0503. The van der Waals surface area contributed by atoms with Gasteiger partial charge in [0.2, 0.25) is 0 Å². The van der Waals surface area contributed by atoms with Crippen LogP contribution < -0.4 is 4.74 Å². The summed E-state index contributed by atoms with van der Waals surface area (Å²) in [5, 5.41) is 4.42. The van der Waals surface area contributed by atoms with Gasteiger partial charge in [0.1, 0.15) is 5.75 Å². The van der Waals surface area contributed by atoms with Gasteiger partial charge in [-0.1, -0.05) is 37.3 Å². The average Bonchev–Trinajstić information content (AvgIpc) is 3.28. The highest BCUT2D eigenvalue weighted by Crippen LogP contribution is 2.23. The van der Waals surface area contributed by atoms with Crippen molar-refractivity contribution in [3.63, 3.8) is 0 Å². The van der Waals surface area contributed by atoms with Crippen molar-refractivity contribution in [1.29, 1.82) is 0 Å². The zero-order valence-corrected chi connectivity index (χ0v) is 18.2. The molecule has 1 aliphatic heterocycles. The summed E-state index contributed by atoms with van der Waals surface area (Å²) in [4.78, 5) is 29.3. The Labute approximate surface area is 190 Å². The molecular formula is C24H24F2N4O3. The molecule has 1 fully saturated rings. The lowest BCUT2D eigenvalue weighted by atomic mass is 10.1. The molecule has 2 aromatic carbocycles. The van der Waals surface area contributed by atoms with Crippen LogP contribution >= 0.6 is 0 Å². The Bertz CT molecular complexity index is 1130. The van der Waals surface area contributed by atoms with Gasteiger partial charge in [-0.05, 0) is 30.7 Å². The third kappa shape index (κ3) is 4.72. The predicted molar refractivity (Wildman–Crippen MR) is 118 cm³/mol. The van der Waals surface area contributed by atoms with E-state index in [-0.39, 0.29) is 17.2 Å². The highest BCUT2D eigenvalue weighted by Gasteiger charge is 2.29. The number of rotatable bonds is 6. The largest absolute Gasteiger partial charge is 0.434 e. The van der Waals surface area contributed by atoms with E-state index in [4.69, 9.17) is 0 Å². The zero-order chi connectivity index (χ0) is 23.4. The highest BCUT2D eigenvalue weighted by atomic mass is 19.3. The Morgan fingerprint density at radius 3 is 2.09 bits per heavy atom. The van der Waals surface area contributed by atoms with Crippen molar-refractivity contribution in [2.24, 2.45) is 0 Å². The fourth-order valence-corrected chi connectivity index (χ4v) is 3.98. The first-order chi connectivity index (χ1) is 16.0. The molecule has 0 atom stereocenters. The fourth-order valence-electron chi connectivity index (χ4n) is 3.98. The summed E-state index contributed by atoms with van der Waals surface area (Å²) in [5.41, 5.74) is 2.32. The number of carbonyl (C=O) groups is 2. The molecule has 0 spiro atoms. The molecule has 0 N–H and O–H groups in total. The number of halogens is 2. The van der Waals surface area contributed by atoms with E-state index >= 15 is 0 Å². The molecule has 0 radical (unpaired) electrons. The smallest absolute Gasteiger partial charge is 0.387 e. The molecule has 9 heteroatoms. The number of hydrogen-bond acceptors (Lipinski definition) is 4. The molecule has 1 aliphatic rings. The van der Waals surface area contributed by atoms with Crippen LogP contribution in [0.1, 0.15) is 33.3 Å². The molecule has 7 nitrogen and oxygen atoms in total. The Morgan fingerprint density at radius 2 is 1.48 bits per heavy atom. The van der Waals surface area contributed by atoms with Crippen molar-refractivity contribution >= 4 is 11.8 Å². The summed E-state index contributed by atoms with van der Waals surface area (Å²) in [7, 11) is 0. The number of carbonyl (C=O) groups excluding carboxylic acids is 2. The van der Waals surface area contributed by atoms with Crippen molar-refractivity contribution in [2.45, 2.75) is 20.0 Å². The molecule has 2 heterocycles. The molecule has 1 aromatic heterocycles. The second-order valence-electron chi connectivity index (χ2n) is 7.56. The third-order valence-corrected chi connectivity index (χ3v) is 5.62. The number of hydrogen-bond donors (Lipinski definition) is 0. The van der Waals surface area contributed by atoms with Crippen LogP contribution in [-0.4, -0.2) is 64.2 Å². The van der Waals surface area contributed by atoms with Gasteiger partial charge in [-0.3, -0.25) is 9.59 Å². The molecule has 172 valence electrons.